The summed E-state index contributed by atoms with van der Waals surface area (Å²) in [6, 6.07) is 6.12. The van der Waals surface area contributed by atoms with Gasteiger partial charge in [-0.3, -0.25) is 9.78 Å². The first-order valence-corrected chi connectivity index (χ1v) is 12.0. The molecule has 2 heterocycles. The van der Waals surface area contributed by atoms with Crippen LogP contribution in [-0.2, 0) is 11.3 Å². The number of carbonyl (C=O) groups is 1. The number of H-pyrrole nitrogens is 1. The van der Waals surface area contributed by atoms with Crippen LogP contribution in [0, 0.1) is 12.0 Å². The molecule has 1 aliphatic carbocycles. The number of anilines is 1. The highest BCUT2D eigenvalue weighted by Crippen LogP contribution is 2.41. The van der Waals surface area contributed by atoms with E-state index < -0.39 is 0 Å². The maximum atomic E-state index is 12.9. The standard InChI is InChI=1S/C27H32N6O2/c1-5-23(35-15-14-33-13-12-29-18-33)20-6-7-22(31-26(34)25-30-17-24(28-4)32-25)21(16-20)19-8-10-27(2,3)11-9-19/h6-8,12-13,16-18,23H,5,9-11,14-15H2,1-3H3,(H,30,32)(H,31,34). The Morgan fingerprint density at radius 2 is 2.26 bits per heavy atom. The number of hydrogen-bond donors (Lipinski definition) is 2. The van der Waals surface area contributed by atoms with Crippen molar-refractivity contribution in [3.63, 3.8) is 0 Å². The summed E-state index contributed by atoms with van der Waals surface area (Å²) in [7, 11) is 0. The van der Waals surface area contributed by atoms with Gasteiger partial charge < -0.3 is 19.5 Å². The molecular formula is C27H32N6O2. The van der Waals surface area contributed by atoms with Gasteiger partial charge in [0, 0.05) is 30.2 Å². The number of nitrogens with zero attached hydrogens (tertiary/aromatic N) is 4. The Hall–Kier alpha value is -3.70. The van der Waals surface area contributed by atoms with Crippen LogP contribution < -0.4 is 5.32 Å². The van der Waals surface area contributed by atoms with E-state index in [1.54, 1.807) is 12.5 Å². The lowest BCUT2D eigenvalue weighted by atomic mass is 9.76. The average molecular weight is 473 g/mol. The molecule has 0 radical (unpaired) electrons. The minimum absolute atomic E-state index is 0.0473. The van der Waals surface area contributed by atoms with Gasteiger partial charge in [-0.1, -0.05) is 39.5 Å². The Balaban J connectivity index is 1.58. The average Bonchev–Trinajstić information content (AvgIpc) is 3.55. The minimum Gasteiger partial charge on any atom is -0.372 e. The predicted molar refractivity (Wildman–Crippen MR) is 136 cm³/mol. The summed E-state index contributed by atoms with van der Waals surface area (Å²) in [6.45, 7) is 15.1. The minimum atomic E-state index is -0.366. The molecule has 1 aliphatic rings. The van der Waals surface area contributed by atoms with E-state index >= 15 is 0 Å². The Kier molecular flexibility index (Phi) is 7.47. The van der Waals surface area contributed by atoms with E-state index in [0.717, 1.165) is 49.0 Å². The second-order valence-corrected chi connectivity index (χ2v) is 9.65. The number of allylic oxidation sites excluding steroid dienone is 2. The lowest BCUT2D eigenvalue weighted by molar-refractivity contribution is 0.0446. The lowest BCUT2D eigenvalue weighted by Crippen LogP contribution is -2.17. The van der Waals surface area contributed by atoms with Gasteiger partial charge in [-0.2, -0.15) is 0 Å². The molecule has 8 heteroatoms. The summed E-state index contributed by atoms with van der Waals surface area (Å²) < 4.78 is 8.23. The highest BCUT2D eigenvalue weighted by Gasteiger charge is 2.25. The largest absolute Gasteiger partial charge is 0.372 e. The van der Waals surface area contributed by atoms with Gasteiger partial charge in [0.25, 0.3) is 5.82 Å². The van der Waals surface area contributed by atoms with E-state index in [1.807, 2.05) is 22.9 Å². The van der Waals surface area contributed by atoms with Gasteiger partial charge in [-0.05, 0) is 54.4 Å². The number of amides is 1. The Morgan fingerprint density at radius 3 is 2.91 bits per heavy atom. The van der Waals surface area contributed by atoms with E-state index in [2.05, 4.69) is 58.0 Å². The SMILES string of the molecule is [C-]#[N+]c1cnc(C(=O)Nc2ccc(C(CC)OCCn3ccnc3)cc2C2=CCC(C)(C)CC2)[nH]1. The van der Waals surface area contributed by atoms with Crippen LogP contribution in [0.5, 0.6) is 0 Å². The van der Waals surface area contributed by atoms with Crippen LogP contribution in [0.15, 0.2) is 49.2 Å². The molecule has 1 atom stereocenters. The fraction of sp³-hybridized carbons (Fsp3) is 0.407. The topological polar surface area (TPSA) is 89.2 Å². The van der Waals surface area contributed by atoms with Crippen molar-refractivity contribution in [2.75, 3.05) is 11.9 Å². The third-order valence-electron chi connectivity index (χ3n) is 6.48. The van der Waals surface area contributed by atoms with Crippen molar-refractivity contribution < 1.29 is 9.53 Å². The number of rotatable bonds is 9. The molecule has 0 bridgehead atoms. The molecule has 0 aliphatic heterocycles. The zero-order chi connectivity index (χ0) is 24.8. The molecule has 0 fully saturated rings. The second-order valence-electron chi connectivity index (χ2n) is 9.65. The van der Waals surface area contributed by atoms with Crippen molar-refractivity contribution in [1.29, 1.82) is 0 Å². The number of nitrogens with one attached hydrogen (secondary N) is 2. The Bertz CT molecular complexity index is 1230. The molecule has 1 unspecified atom stereocenters. The normalized spacial score (nSPS) is 15.8. The molecular weight excluding hydrogens is 440 g/mol. The second kappa shape index (κ2) is 10.7. The number of ether oxygens (including phenoxy) is 1. The third kappa shape index (κ3) is 6.06. The number of aromatic amines is 1. The predicted octanol–water partition coefficient (Wildman–Crippen LogP) is 6.17. The number of carbonyl (C=O) groups excluding carboxylic acids is 1. The van der Waals surface area contributed by atoms with E-state index in [9.17, 15) is 4.79 Å². The molecule has 2 N–H and O–H groups in total. The molecule has 3 aromatic rings. The van der Waals surface area contributed by atoms with Gasteiger partial charge >= 0.3 is 5.91 Å². The zero-order valence-electron chi connectivity index (χ0n) is 20.5. The van der Waals surface area contributed by atoms with Crippen molar-refractivity contribution in [2.45, 2.75) is 59.1 Å². The Labute approximate surface area is 206 Å². The molecule has 35 heavy (non-hydrogen) atoms. The van der Waals surface area contributed by atoms with Crippen molar-refractivity contribution in [3.05, 3.63) is 77.6 Å². The Morgan fingerprint density at radius 1 is 1.40 bits per heavy atom. The maximum absolute atomic E-state index is 12.9. The van der Waals surface area contributed by atoms with Crippen molar-refractivity contribution in [2.24, 2.45) is 5.41 Å². The quantitative estimate of drug-likeness (QED) is 0.364. The third-order valence-corrected chi connectivity index (χ3v) is 6.48. The van der Waals surface area contributed by atoms with Crippen molar-refractivity contribution in [3.8, 4) is 0 Å². The fourth-order valence-electron chi connectivity index (χ4n) is 4.29. The van der Waals surface area contributed by atoms with Crippen LogP contribution in [0.4, 0.5) is 11.5 Å². The smallest absolute Gasteiger partial charge is 0.314 e. The maximum Gasteiger partial charge on any atom is 0.314 e. The number of benzene rings is 1. The van der Waals surface area contributed by atoms with Crippen LogP contribution >= 0.6 is 0 Å². The van der Waals surface area contributed by atoms with E-state index in [-0.39, 0.29) is 29.1 Å². The fourth-order valence-corrected chi connectivity index (χ4v) is 4.29. The molecule has 0 saturated carbocycles. The van der Waals surface area contributed by atoms with Gasteiger partial charge in [0.15, 0.2) is 0 Å². The van der Waals surface area contributed by atoms with Crippen molar-refractivity contribution in [1.82, 2.24) is 19.5 Å². The van der Waals surface area contributed by atoms with E-state index in [4.69, 9.17) is 11.3 Å². The van der Waals surface area contributed by atoms with E-state index in [0.29, 0.717) is 6.61 Å². The summed E-state index contributed by atoms with van der Waals surface area (Å²) in [5.74, 6) is -0.00473. The van der Waals surface area contributed by atoms with Gasteiger partial charge in [-0.25, -0.2) is 9.97 Å². The van der Waals surface area contributed by atoms with Gasteiger partial charge in [-0.15, -0.1) is 0 Å². The van der Waals surface area contributed by atoms with Crippen LogP contribution in [0.3, 0.4) is 0 Å². The molecule has 1 aromatic carbocycles. The molecule has 0 saturated heterocycles. The summed E-state index contributed by atoms with van der Waals surface area (Å²) in [5.41, 5.74) is 4.34. The summed E-state index contributed by atoms with van der Waals surface area (Å²) in [6.07, 6.45) is 13.0. The highest BCUT2D eigenvalue weighted by atomic mass is 16.5. The van der Waals surface area contributed by atoms with Crippen LogP contribution in [-0.4, -0.2) is 32.0 Å². The van der Waals surface area contributed by atoms with Crippen molar-refractivity contribution >= 4 is 23.0 Å². The first kappa shape index (κ1) is 24.4. The van der Waals surface area contributed by atoms with Gasteiger partial charge in [0.2, 0.25) is 5.82 Å². The zero-order valence-corrected chi connectivity index (χ0v) is 20.5. The first-order valence-electron chi connectivity index (χ1n) is 12.0. The highest BCUT2D eigenvalue weighted by molar-refractivity contribution is 6.03. The monoisotopic (exact) mass is 472 g/mol. The number of hydrogen-bond acceptors (Lipinski definition) is 4. The van der Waals surface area contributed by atoms with E-state index in [1.165, 1.54) is 11.8 Å². The molecule has 2 aromatic heterocycles. The summed E-state index contributed by atoms with van der Waals surface area (Å²) in [4.78, 5) is 27.0. The lowest BCUT2D eigenvalue weighted by Gasteiger charge is -2.30. The van der Waals surface area contributed by atoms with Crippen LogP contribution in [0.25, 0.3) is 10.4 Å². The number of aromatic nitrogens is 4. The summed E-state index contributed by atoms with van der Waals surface area (Å²) in [5, 5.41) is 3.00. The summed E-state index contributed by atoms with van der Waals surface area (Å²) >= 11 is 0. The van der Waals surface area contributed by atoms with Gasteiger partial charge in [0.1, 0.15) is 0 Å². The molecule has 1 amide bonds. The van der Waals surface area contributed by atoms with Gasteiger partial charge in [0.05, 0.1) is 25.2 Å². The van der Waals surface area contributed by atoms with Crippen LogP contribution in [0.2, 0.25) is 0 Å². The first-order chi connectivity index (χ1) is 16.9. The van der Waals surface area contributed by atoms with Crippen LogP contribution in [0.1, 0.15) is 74.3 Å². The molecule has 182 valence electrons. The molecule has 8 nitrogen and oxygen atoms in total. The molecule has 0 spiro atoms. The molecule has 4 rings (SSSR count). The number of imidazole rings is 2.